The monoisotopic (exact) mass is 528 g/mol. The number of esters is 1. The number of Topliss-reactive ketones (excluding diaryl/α,β-unsaturated/α-hetero) is 1. The molecule has 1 N–H and O–H groups in total. The van der Waals surface area contributed by atoms with E-state index in [1.54, 1.807) is 0 Å². The molecule has 35 heavy (non-hydrogen) atoms. The highest BCUT2D eigenvalue weighted by Crippen LogP contribution is 2.01. The molecule has 0 radical (unpaired) electrons. The fourth-order valence-electron chi connectivity index (χ4n) is 2.46. The average molecular weight is 529 g/mol. The number of ether oxygens (including phenoxy) is 7. The third-order valence-corrected chi connectivity index (χ3v) is 4.59. The Kier molecular flexibility index (Phi) is 26.2. The number of carboxylic acid groups (broad SMARTS) is 1. The lowest BCUT2D eigenvalue weighted by Crippen LogP contribution is -2.17. The lowest BCUT2D eigenvalue weighted by molar-refractivity contribution is -0.151. The van der Waals surface area contributed by atoms with E-state index in [0.717, 1.165) is 38.2 Å². The molecule has 12 heteroatoms. The molecule has 0 heterocycles. The standard InChI is InChI=1S/C23H41ClO11/c24-7-3-1-2-4-8-29-9-10-30-11-12-31-13-14-32-15-16-33-17-18-34-19-20-35-22(26)6-5-21(25)23(27)28/h1-20H2,(H,27,28). The molecule has 0 aliphatic heterocycles. The quantitative estimate of drug-likeness (QED) is 0.0689. The minimum absolute atomic E-state index is 0.0256. The Bertz CT molecular complexity index is 520. The van der Waals surface area contributed by atoms with Crippen LogP contribution in [0.15, 0.2) is 0 Å². The van der Waals surface area contributed by atoms with Gasteiger partial charge in [0.25, 0.3) is 0 Å². The van der Waals surface area contributed by atoms with Gasteiger partial charge in [0.1, 0.15) is 6.61 Å². The Balaban J connectivity index is 3.14. The average Bonchev–Trinajstić information content (AvgIpc) is 2.85. The highest BCUT2D eigenvalue weighted by Gasteiger charge is 2.14. The molecule has 0 saturated carbocycles. The Morgan fingerprint density at radius 1 is 0.514 bits per heavy atom. The zero-order valence-electron chi connectivity index (χ0n) is 20.5. The van der Waals surface area contributed by atoms with E-state index in [1.165, 1.54) is 0 Å². The van der Waals surface area contributed by atoms with Crippen molar-refractivity contribution in [3.05, 3.63) is 0 Å². The number of carboxylic acids is 1. The number of ketones is 1. The summed E-state index contributed by atoms with van der Waals surface area (Å²) in [5.41, 5.74) is 0. The van der Waals surface area contributed by atoms with E-state index in [2.05, 4.69) is 0 Å². The van der Waals surface area contributed by atoms with E-state index in [0.29, 0.717) is 66.1 Å². The Hall–Kier alpha value is -1.34. The maximum Gasteiger partial charge on any atom is 0.372 e. The SMILES string of the molecule is O=C(CCC(=O)C(=O)O)OCCOCCOCCOCCOCCOCCOCCCCCCCl. The van der Waals surface area contributed by atoms with Crippen LogP contribution < -0.4 is 0 Å². The second kappa shape index (κ2) is 27.3. The zero-order valence-corrected chi connectivity index (χ0v) is 21.3. The van der Waals surface area contributed by atoms with Crippen molar-refractivity contribution >= 4 is 29.3 Å². The molecule has 11 nitrogen and oxygen atoms in total. The van der Waals surface area contributed by atoms with Crippen LogP contribution in [0.5, 0.6) is 0 Å². The lowest BCUT2D eigenvalue weighted by atomic mass is 10.2. The molecule has 0 rings (SSSR count). The van der Waals surface area contributed by atoms with Crippen molar-refractivity contribution in [1.82, 2.24) is 0 Å². The summed E-state index contributed by atoms with van der Waals surface area (Å²) in [5.74, 6) is -2.49. The van der Waals surface area contributed by atoms with E-state index >= 15 is 0 Å². The Labute approximate surface area is 212 Å². The van der Waals surface area contributed by atoms with Gasteiger partial charge in [-0.05, 0) is 12.8 Å². The van der Waals surface area contributed by atoms with Crippen LogP contribution in [0.3, 0.4) is 0 Å². The van der Waals surface area contributed by atoms with E-state index in [-0.39, 0.29) is 26.1 Å². The summed E-state index contributed by atoms with van der Waals surface area (Å²) in [5, 5.41) is 8.41. The number of unbranched alkanes of at least 4 members (excludes halogenated alkanes) is 3. The van der Waals surface area contributed by atoms with Crippen molar-refractivity contribution in [2.75, 3.05) is 91.8 Å². The Morgan fingerprint density at radius 2 is 0.914 bits per heavy atom. The van der Waals surface area contributed by atoms with Gasteiger partial charge < -0.3 is 38.3 Å². The second-order valence-electron chi connectivity index (χ2n) is 7.23. The van der Waals surface area contributed by atoms with Gasteiger partial charge in [-0.2, -0.15) is 0 Å². The first-order valence-corrected chi connectivity index (χ1v) is 12.6. The number of alkyl halides is 1. The van der Waals surface area contributed by atoms with Crippen LogP contribution in [0.1, 0.15) is 38.5 Å². The van der Waals surface area contributed by atoms with Gasteiger partial charge in [0.15, 0.2) is 0 Å². The first kappa shape index (κ1) is 33.7. The predicted molar refractivity (Wildman–Crippen MR) is 127 cm³/mol. The van der Waals surface area contributed by atoms with Gasteiger partial charge in [-0.25, -0.2) is 4.79 Å². The summed E-state index contributed by atoms with van der Waals surface area (Å²) in [6, 6.07) is 0. The van der Waals surface area contributed by atoms with Gasteiger partial charge in [0.2, 0.25) is 5.78 Å². The number of aliphatic carboxylic acids is 1. The molecule has 0 saturated heterocycles. The van der Waals surface area contributed by atoms with Crippen LogP contribution in [-0.4, -0.2) is 115 Å². The number of halogens is 1. The number of carbonyl (C=O) groups excluding carboxylic acids is 2. The van der Waals surface area contributed by atoms with E-state index in [4.69, 9.17) is 49.9 Å². The summed E-state index contributed by atoms with van der Waals surface area (Å²) in [4.78, 5) is 32.5. The van der Waals surface area contributed by atoms with E-state index in [1.807, 2.05) is 0 Å². The first-order valence-electron chi connectivity index (χ1n) is 12.0. The maximum atomic E-state index is 11.3. The minimum Gasteiger partial charge on any atom is -0.476 e. The van der Waals surface area contributed by atoms with Crippen LogP contribution in [0.4, 0.5) is 0 Å². The number of rotatable bonds is 28. The van der Waals surface area contributed by atoms with Crippen LogP contribution >= 0.6 is 11.6 Å². The lowest BCUT2D eigenvalue weighted by Gasteiger charge is -2.08. The highest BCUT2D eigenvalue weighted by atomic mass is 35.5. The van der Waals surface area contributed by atoms with Gasteiger partial charge in [-0.15, -0.1) is 11.6 Å². The number of hydrogen-bond donors (Lipinski definition) is 1. The molecule has 0 aromatic heterocycles. The van der Waals surface area contributed by atoms with E-state index < -0.39 is 17.7 Å². The van der Waals surface area contributed by atoms with Crippen molar-refractivity contribution in [3.63, 3.8) is 0 Å². The van der Waals surface area contributed by atoms with Crippen LogP contribution in [0.2, 0.25) is 0 Å². The number of carbonyl (C=O) groups is 3. The fraction of sp³-hybridized carbons (Fsp3) is 0.870. The molecule has 0 spiro atoms. The molecule has 0 bridgehead atoms. The molecule has 0 unspecified atom stereocenters. The van der Waals surface area contributed by atoms with Gasteiger partial charge in [0.05, 0.1) is 79.1 Å². The summed E-state index contributed by atoms with van der Waals surface area (Å²) in [6.45, 7) is 5.66. The third-order valence-electron chi connectivity index (χ3n) is 4.32. The van der Waals surface area contributed by atoms with Crippen molar-refractivity contribution in [2.45, 2.75) is 38.5 Å². The zero-order chi connectivity index (χ0) is 25.8. The molecular formula is C23H41ClO11. The molecule has 0 aliphatic carbocycles. The van der Waals surface area contributed by atoms with Gasteiger partial charge in [-0.3, -0.25) is 9.59 Å². The summed E-state index contributed by atoms with van der Waals surface area (Å²) in [7, 11) is 0. The normalized spacial score (nSPS) is 11.0. The highest BCUT2D eigenvalue weighted by molar-refractivity contribution is 6.32. The first-order chi connectivity index (χ1) is 17.1. The maximum absolute atomic E-state index is 11.3. The largest absolute Gasteiger partial charge is 0.476 e. The molecule has 206 valence electrons. The van der Waals surface area contributed by atoms with Crippen molar-refractivity contribution in [3.8, 4) is 0 Å². The molecule has 0 amide bonds. The number of hydrogen-bond acceptors (Lipinski definition) is 10. The fourth-order valence-corrected chi connectivity index (χ4v) is 2.65. The van der Waals surface area contributed by atoms with Gasteiger partial charge in [0, 0.05) is 18.9 Å². The Morgan fingerprint density at radius 3 is 1.34 bits per heavy atom. The molecule has 0 fully saturated rings. The van der Waals surface area contributed by atoms with E-state index in [9.17, 15) is 14.4 Å². The topological polar surface area (TPSA) is 136 Å². The molecular weight excluding hydrogens is 488 g/mol. The van der Waals surface area contributed by atoms with Crippen LogP contribution in [0.25, 0.3) is 0 Å². The van der Waals surface area contributed by atoms with Crippen molar-refractivity contribution < 1.29 is 52.6 Å². The molecule has 0 aromatic rings. The smallest absolute Gasteiger partial charge is 0.372 e. The van der Waals surface area contributed by atoms with Crippen molar-refractivity contribution in [2.24, 2.45) is 0 Å². The molecule has 0 aliphatic rings. The second-order valence-corrected chi connectivity index (χ2v) is 7.60. The van der Waals surface area contributed by atoms with Gasteiger partial charge in [-0.1, -0.05) is 12.8 Å². The molecule has 0 aromatic carbocycles. The predicted octanol–water partition coefficient (Wildman–Crippen LogP) is 1.86. The van der Waals surface area contributed by atoms with Crippen LogP contribution in [0, 0.1) is 0 Å². The molecule has 0 atom stereocenters. The summed E-state index contributed by atoms with van der Waals surface area (Å²) in [6.07, 6.45) is 3.79. The van der Waals surface area contributed by atoms with Gasteiger partial charge >= 0.3 is 11.9 Å². The van der Waals surface area contributed by atoms with Crippen LogP contribution in [-0.2, 0) is 47.5 Å². The minimum atomic E-state index is -1.56. The van der Waals surface area contributed by atoms with Crippen molar-refractivity contribution in [1.29, 1.82) is 0 Å². The summed E-state index contributed by atoms with van der Waals surface area (Å²) < 4.78 is 37.1. The summed E-state index contributed by atoms with van der Waals surface area (Å²) >= 11 is 5.62. The third kappa shape index (κ3) is 27.1.